The van der Waals surface area contributed by atoms with Gasteiger partial charge in [-0.3, -0.25) is 4.79 Å². The Bertz CT molecular complexity index is 1660. The van der Waals surface area contributed by atoms with Gasteiger partial charge in [0.2, 0.25) is 0 Å². The molecule has 11 nitrogen and oxygen atoms in total. The minimum atomic E-state index is -0.539. The molecule has 42 heavy (non-hydrogen) atoms. The number of benzene rings is 2. The van der Waals surface area contributed by atoms with Gasteiger partial charge in [0.05, 0.1) is 19.1 Å². The lowest BCUT2D eigenvalue weighted by atomic mass is 10.1. The molecule has 0 unspecified atom stereocenters. The molecule has 220 valence electrons. The van der Waals surface area contributed by atoms with E-state index < -0.39 is 5.60 Å². The number of nitrogens with zero attached hydrogens (tertiary/aromatic N) is 5. The van der Waals surface area contributed by atoms with Crippen LogP contribution >= 0.6 is 23.2 Å². The van der Waals surface area contributed by atoms with Gasteiger partial charge in [0, 0.05) is 54.4 Å². The van der Waals surface area contributed by atoms with Gasteiger partial charge < -0.3 is 29.6 Å². The molecule has 0 spiro atoms. The Balaban J connectivity index is 1.40. The zero-order chi connectivity index (χ0) is 30.0. The minimum Gasteiger partial charge on any atom is -0.494 e. The number of methoxy groups -OCH3 is 1. The highest BCUT2D eigenvalue weighted by atomic mass is 35.5. The molecule has 1 amide bonds. The van der Waals surface area contributed by atoms with Gasteiger partial charge in [0.1, 0.15) is 28.4 Å². The van der Waals surface area contributed by atoms with Crippen molar-refractivity contribution in [3.05, 3.63) is 74.5 Å². The third-order valence-corrected chi connectivity index (χ3v) is 7.39. The summed E-state index contributed by atoms with van der Waals surface area (Å²) in [5.41, 5.74) is 1.50. The molecule has 5 rings (SSSR count). The van der Waals surface area contributed by atoms with Gasteiger partial charge in [-0.2, -0.15) is 0 Å². The first kappa shape index (κ1) is 29.4. The average molecular weight is 613 g/mol. The zero-order valence-electron chi connectivity index (χ0n) is 23.7. The third kappa shape index (κ3) is 6.52. The Labute approximate surface area is 252 Å². The number of nitrogens with one attached hydrogen (secondary N) is 2. The number of hydrogen-bond donors (Lipinski definition) is 2. The standard InChI is InChI=1S/C29H31Cl2N7O4/c1-29(2,3)42-28(40)38-12-10-37(11-13-38)17-8-9-21(22(14-17)41-4)34-26-24-25(32-16-33-27(24)39)35-23(36-26)15-18-19(30)6-5-7-20(18)31/h5-9,14,16H,10-13,15H2,1-4H3,(H2,32,33,34,35,36,39). The molecule has 2 aromatic carbocycles. The highest BCUT2D eigenvalue weighted by Gasteiger charge is 2.26. The number of amides is 1. The van der Waals surface area contributed by atoms with Crippen LogP contribution in [-0.2, 0) is 11.2 Å². The lowest BCUT2D eigenvalue weighted by Crippen LogP contribution is -2.50. The number of aromatic nitrogens is 4. The molecular formula is C29H31Cl2N7O4. The fourth-order valence-electron chi connectivity index (χ4n) is 4.63. The Kier molecular flexibility index (Phi) is 8.42. The van der Waals surface area contributed by atoms with E-state index in [4.69, 9.17) is 32.7 Å². The summed E-state index contributed by atoms with van der Waals surface area (Å²) < 4.78 is 11.2. The van der Waals surface area contributed by atoms with E-state index in [2.05, 4.69) is 30.2 Å². The number of carbonyl (C=O) groups is 1. The number of anilines is 3. The van der Waals surface area contributed by atoms with Crippen molar-refractivity contribution in [3.8, 4) is 5.75 Å². The van der Waals surface area contributed by atoms with Gasteiger partial charge in [-0.25, -0.2) is 19.7 Å². The van der Waals surface area contributed by atoms with Gasteiger partial charge in [-0.05, 0) is 50.6 Å². The predicted octanol–water partition coefficient (Wildman–Crippen LogP) is 5.42. The first-order chi connectivity index (χ1) is 20.0. The van der Waals surface area contributed by atoms with E-state index in [1.54, 1.807) is 30.2 Å². The minimum absolute atomic E-state index is 0.205. The number of hydrogen-bond acceptors (Lipinski definition) is 9. The third-order valence-electron chi connectivity index (χ3n) is 6.68. The first-order valence-corrected chi connectivity index (χ1v) is 14.1. The van der Waals surface area contributed by atoms with E-state index in [0.717, 1.165) is 5.69 Å². The average Bonchev–Trinajstić information content (AvgIpc) is 2.94. The normalized spacial score (nSPS) is 13.8. The Morgan fingerprint density at radius 2 is 1.79 bits per heavy atom. The summed E-state index contributed by atoms with van der Waals surface area (Å²) in [7, 11) is 1.57. The van der Waals surface area contributed by atoms with Crippen LogP contribution in [0, 0.1) is 0 Å². The molecule has 0 atom stereocenters. The smallest absolute Gasteiger partial charge is 0.410 e. The predicted molar refractivity (Wildman–Crippen MR) is 164 cm³/mol. The largest absolute Gasteiger partial charge is 0.494 e. The van der Waals surface area contributed by atoms with E-state index in [1.165, 1.54) is 6.33 Å². The Morgan fingerprint density at radius 3 is 2.45 bits per heavy atom. The van der Waals surface area contributed by atoms with Crippen molar-refractivity contribution in [1.82, 2.24) is 24.8 Å². The molecule has 1 fully saturated rings. The molecule has 2 N–H and O–H groups in total. The summed E-state index contributed by atoms with van der Waals surface area (Å²) in [6.07, 6.45) is 1.23. The van der Waals surface area contributed by atoms with E-state index in [0.29, 0.717) is 59.0 Å². The molecule has 4 aromatic rings. The van der Waals surface area contributed by atoms with Gasteiger partial charge in [-0.15, -0.1) is 0 Å². The van der Waals surface area contributed by atoms with Gasteiger partial charge in [0.15, 0.2) is 5.65 Å². The molecular weight excluding hydrogens is 581 g/mol. The fraction of sp³-hybridized carbons (Fsp3) is 0.345. The first-order valence-electron chi connectivity index (χ1n) is 13.4. The maximum atomic E-state index is 12.8. The Morgan fingerprint density at radius 1 is 1.07 bits per heavy atom. The van der Waals surface area contributed by atoms with Crippen LogP contribution in [0.15, 0.2) is 47.5 Å². The van der Waals surface area contributed by atoms with Crippen LogP contribution in [0.4, 0.5) is 22.0 Å². The molecule has 2 aromatic heterocycles. The Hall–Kier alpha value is -4.09. The number of carbonyl (C=O) groups excluding carboxylic acids is 1. The van der Waals surface area contributed by atoms with Crippen molar-refractivity contribution in [2.24, 2.45) is 0 Å². The highest BCUT2D eigenvalue weighted by molar-refractivity contribution is 6.36. The number of ether oxygens (including phenoxy) is 2. The number of rotatable bonds is 6. The molecule has 3 heterocycles. The quantitative estimate of drug-likeness (QED) is 0.294. The topological polar surface area (TPSA) is 126 Å². The molecule has 1 saturated heterocycles. The number of aromatic amines is 1. The van der Waals surface area contributed by atoms with Gasteiger partial charge in [-0.1, -0.05) is 29.3 Å². The summed E-state index contributed by atoms with van der Waals surface area (Å²) in [5, 5.41) is 4.43. The molecule has 13 heteroatoms. The van der Waals surface area contributed by atoms with E-state index >= 15 is 0 Å². The van der Waals surface area contributed by atoms with E-state index in [1.807, 2.05) is 39.0 Å². The molecule has 0 saturated carbocycles. The van der Waals surface area contributed by atoms with Crippen LogP contribution in [0.25, 0.3) is 11.0 Å². The van der Waals surface area contributed by atoms with Crippen molar-refractivity contribution in [2.75, 3.05) is 43.5 Å². The van der Waals surface area contributed by atoms with Gasteiger partial charge >= 0.3 is 6.09 Å². The second-order valence-corrected chi connectivity index (χ2v) is 11.6. The van der Waals surface area contributed by atoms with Crippen LogP contribution in [-0.4, -0.2) is 69.8 Å². The van der Waals surface area contributed by atoms with Crippen molar-refractivity contribution >= 4 is 57.5 Å². The van der Waals surface area contributed by atoms with Crippen LogP contribution in [0.3, 0.4) is 0 Å². The van der Waals surface area contributed by atoms with Crippen LogP contribution in [0.1, 0.15) is 32.2 Å². The summed E-state index contributed by atoms with van der Waals surface area (Å²) in [6.45, 7) is 7.93. The van der Waals surface area contributed by atoms with E-state index in [9.17, 15) is 9.59 Å². The monoisotopic (exact) mass is 611 g/mol. The van der Waals surface area contributed by atoms with Crippen LogP contribution in [0.5, 0.6) is 5.75 Å². The SMILES string of the molecule is COc1cc(N2CCN(C(=O)OC(C)(C)C)CC2)ccc1Nc1nc(Cc2c(Cl)cccc2Cl)nc2nc[nH]c(=O)c12. The van der Waals surface area contributed by atoms with E-state index in [-0.39, 0.29) is 34.9 Å². The molecule has 1 aliphatic rings. The summed E-state index contributed by atoms with van der Waals surface area (Å²) in [5.74, 6) is 1.20. The van der Waals surface area contributed by atoms with Crippen molar-refractivity contribution in [2.45, 2.75) is 32.8 Å². The van der Waals surface area contributed by atoms with Gasteiger partial charge in [0.25, 0.3) is 5.56 Å². The maximum Gasteiger partial charge on any atom is 0.410 e. The number of piperazine rings is 1. The van der Waals surface area contributed by atoms with Crippen molar-refractivity contribution < 1.29 is 14.3 Å². The van der Waals surface area contributed by atoms with Crippen molar-refractivity contribution in [3.63, 3.8) is 0 Å². The number of halogens is 2. The zero-order valence-corrected chi connectivity index (χ0v) is 25.2. The number of fused-ring (bicyclic) bond motifs is 1. The maximum absolute atomic E-state index is 12.8. The highest BCUT2D eigenvalue weighted by Crippen LogP contribution is 2.34. The second-order valence-electron chi connectivity index (χ2n) is 10.8. The fourth-order valence-corrected chi connectivity index (χ4v) is 5.16. The summed E-state index contributed by atoms with van der Waals surface area (Å²) in [6, 6.07) is 11.0. The lowest BCUT2D eigenvalue weighted by molar-refractivity contribution is 0.0240. The summed E-state index contributed by atoms with van der Waals surface area (Å²) in [4.78, 5) is 45.2. The molecule has 1 aliphatic heterocycles. The van der Waals surface area contributed by atoms with Crippen molar-refractivity contribution in [1.29, 1.82) is 0 Å². The van der Waals surface area contributed by atoms with Crippen LogP contribution in [0.2, 0.25) is 10.0 Å². The lowest BCUT2D eigenvalue weighted by Gasteiger charge is -2.37. The number of H-pyrrole nitrogens is 1. The summed E-state index contributed by atoms with van der Waals surface area (Å²) >= 11 is 12.8. The molecule has 0 radical (unpaired) electrons. The van der Waals surface area contributed by atoms with Crippen LogP contribution < -0.4 is 20.5 Å². The second kappa shape index (κ2) is 12.0. The molecule has 0 bridgehead atoms. The molecule has 0 aliphatic carbocycles.